The minimum atomic E-state index is 0.184. The fourth-order valence-electron chi connectivity index (χ4n) is 2.07. The van der Waals surface area contributed by atoms with Crippen LogP contribution in [0.2, 0.25) is 0 Å². The highest BCUT2D eigenvalue weighted by atomic mass is 32.2. The largest absolute Gasteiger partial charge is 0.356 e. The van der Waals surface area contributed by atoms with E-state index in [1.54, 1.807) is 11.8 Å². The van der Waals surface area contributed by atoms with Crippen LogP contribution in [-0.2, 0) is 4.79 Å². The maximum atomic E-state index is 11.8. The SMILES string of the molecule is CCCC[C@@H](CC)CNC(=O)CCSc1ccccc1. The van der Waals surface area contributed by atoms with Crippen molar-refractivity contribution in [2.45, 2.75) is 50.8 Å². The Hall–Kier alpha value is -0.960. The third-order valence-corrected chi connectivity index (χ3v) is 4.49. The van der Waals surface area contributed by atoms with Gasteiger partial charge in [0.15, 0.2) is 0 Å². The van der Waals surface area contributed by atoms with Gasteiger partial charge in [0.2, 0.25) is 5.91 Å². The minimum absolute atomic E-state index is 0.184. The van der Waals surface area contributed by atoms with Crippen molar-refractivity contribution in [1.82, 2.24) is 5.32 Å². The van der Waals surface area contributed by atoms with E-state index >= 15 is 0 Å². The molecule has 0 aliphatic heterocycles. The van der Waals surface area contributed by atoms with Gasteiger partial charge in [-0.2, -0.15) is 0 Å². The number of nitrogens with one attached hydrogen (secondary N) is 1. The van der Waals surface area contributed by atoms with Gasteiger partial charge in [-0.3, -0.25) is 4.79 Å². The Bertz CT molecular complexity index is 367. The summed E-state index contributed by atoms with van der Waals surface area (Å²) in [5, 5.41) is 3.08. The molecule has 2 nitrogen and oxygen atoms in total. The van der Waals surface area contributed by atoms with Crippen molar-refractivity contribution < 1.29 is 4.79 Å². The number of carbonyl (C=O) groups is 1. The van der Waals surface area contributed by atoms with Gasteiger partial charge in [-0.05, 0) is 24.5 Å². The molecule has 1 N–H and O–H groups in total. The van der Waals surface area contributed by atoms with E-state index in [4.69, 9.17) is 0 Å². The van der Waals surface area contributed by atoms with Crippen LogP contribution in [0.15, 0.2) is 35.2 Å². The number of amides is 1. The van der Waals surface area contributed by atoms with E-state index in [1.165, 1.54) is 24.2 Å². The van der Waals surface area contributed by atoms with Gasteiger partial charge >= 0.3 is 0 Å². The zero-order valence-corrected chi connectivity index (χ0v) is 13.5. The Morgan fingerprint density at radius 3 is 2.65 bits per heavy atom. The van der Waals surface area contributed by atoms with Gasteiger partial charge in [0.25, 0.3) is 0 Å². The second kappa shape index (κ2) is 10.8. The third-order valence-electron chi connectivity index (χ3n) is 3.47. The molecular formula is C17H27NOS. The molecule has 0 saturated heterocycles. The molecule has 1 atom stereocenters. The van der Waals surface area contributed by atoms with Crippen LogP contribution < -0.4 is 5.32 Å². The fraction of sp³-hybridized carbons (Fsp3) is 0.588. The van der Waals surface area contributed by atoms with Crippen LogP contribution in [0.3, 0.4) is 0 Å². The fourth-order valence-corrected chi connectivity index (χ4v) is 2.94. The van der Waals surface area contributed by atoms with Crippen molar-refractivity contribution in [3.05, 3.63) is 30.3 Å². The molecule has 1 aromatic carbocycles. The Labute approximate surface area is 127 Å². The Balaban J connectivity index is 2.13. The molecule has 112 valence electrons. The van der Waals surface area contributed by atoms with E-state index in [9.17, 15) is 4.79 Å². The lowest BCUT2D eigenvalue weighted by Crippen LogP contribution is -2.29. The number of thioether (sulfide) groups is 1. The molecule has 0 spiro atoms. The molecule has 0 saturated carbocycles. The Morgan fingerprint density at radius 2 is 2.00 bits per heavy atom. The lowest BCUT2D eigenvalue weighted by molar-refractivity contribution is -0.120. The molecule has 0 heterocycles. The van der Waals surface area contributed by atoms with Crippen LogP contribution >= 0.6 is 11.8 Å². The van der Waals surface area contributed by atoms with E-state index < -0.39 is 0 Å². The second-order valence-electron chi connectivity index (χ2n) is 5.13. The Morgan fingerprint density at radius 1 is 1.25 bits per heavy atom. The molecule has 20 heavy (non-hydrogen) atoms. The van der Waals surface area contributed by atoms with Gasteiger partial charge in [0, 0.05) is 23.6 Å². The average Bonchev–Trinajstić information content (AvgIpc) is 2.48. The van der Waals surface area contributed by atoms with Crippen LogP contribution in [0.1, 0.15) is 46.0 Å². The van der Waals surface area contributed by atoms with E-state index in [2.05, 4.69) is 31.3 Å². The van der Waals surface area contributed by atoms with Crippen LogP contribution in [-0.4, -0.2) is 18.2 Å². The summed E-state index contributed by atoms with van der Waals surface area (Å²) in [5.74, 6) is 1.67. The van der Waals surface area contributed by atoms with Crippen LogP contribution in [0, 0.1) is 5.92 Å². The number of benzene rings is 1. The van der Waals surface area contributed by atoms with Crippen LogP contribution in [0.4, 0.5) is 0 Å². The zero-order chi connectivity index (χ0) is 14.6. The summed E-state index contributed by atoms with van der Waals surface area (Å²) in [4.78, 5) is 13.0. The average molecular weight is 293 g/mol. The molecular weight excluding hydrogens is 266 g/mol. The van der Waals surface area contributed by atoms with Gasteiger partial charge in [0.1, 0.15) is 0 Å². The van der Waals surface area contributed by atoms with Crippen LogP contribution in [0.25, 0.3) is 0 Å². The van der Waals surface area contributed by atoms with Crippen molar-refractivity contribution in [1.29, 1.82) is 0 Å². The molecule has 0 unspecified atom stereocenters. The highest BCUT2D eigenvalue weighted by molar-refractivity contribution is 7.99. The summed E-state index contributed by atoms with van der Waals surface area (Å²) in [6.45, 7) is 5.26. The lowest BCUT2D eigenvalue weighted by atomic mass is 9.99. The van der Waals surface area contributed by atoms with Crippen molar-refractivity contribution in [2.24, 2.45) is 5.92 Å². The predicted molar refractivity (Wildman–Crippen MR) is 88.1 cm³/mol. The molecule has 1 amide bonds. The van der Waals surface area contributed by atoms with Gasteiger partial charge in [-0.1, -0.05) is 51.3 Å². The summed E-state index contributed by atoms with van der Waals surface area (Å²) >= 11 is 1.74. The van der Waals surface area contributed by atoms with Gasteiger partial charge in [0.05, 0.1) is 0 Å². The van der Waals surface area contributed by atoms with Crippen molar-refractivity contribution >= 4 is 17.7 Å². The number of carbonyl (C=O) groups excluding carboxylic acids is 1. The number of rotatable bonds is 10. The molecule has 0 aliphatic rings. The monoisotopic (exact) mass is 293 g/mol. The summed E-state index contributed by atoms with van der Waals surface area (Å²) < 4.78 is 0. The van der Waals surface area contributed by atoms with Gasteiger partial charge in [-0.15, -0.1) is 11.8 Å². The number of hydrogen-bond acceptors (Lipinski definition) is 2. The number of unbranched alkanes of at least 4 members (excludes halogenated alkanes) is 1. The first-order valence-corrected chi connectivity index (χ1v) is 8.69. The van der Waals surface area contributed by atoms with Crippen LogP contribution in [0.5, 0.6) is 0 Å². The summed E-state index contributed by atoms with van der Waals surface area (Å²) in [6, 6.07) is 10.2. The van der Waals surface area contributed by atoms with Crippen molar-refractivity contribution in [3.8, 4) is 0 Å². The zero-order valence-electron chi connectivity index (χ0n) is 12.7. The molecule has 0 radical (unpaired) electrons. The maximum Gasteiger partial charge on any atom is 0.220 e. The molecule has 0 aliphatic carbocycles. The van der Waals surface area contributed by atoms with Crippen molar-refractivity contribution in [3.63, 3.8) is 0 Å². The summed E-state index contributed by atoms with van der Waals surface area (Å²) in [6.07, 6.45) is 5.48. The molecule has 1 aromatic rings. The highest BCUT2D eigenvalue weighted by Gasteiger charge is 2.08. The molecule has 0 bridgehead atoms. The first-order chi connectivity index (χ1) is 9.76. The first-order valence-electron chi connectivity index (χ1n) is 7.70. The minimum Gasteiger partial charge on any atom is -0.356 e. The highest BCUT2D eigenvalue weighted by Crippen LogP contribution is 2.17. The predicted octanol–water partition coefficient (Wildman–Crippen LogP) is 4.50. The number of hydrogen-bond donors (Lipinski definition) is 1. The van der Waals surface area contributed by atoms with Gasteiger partial charge < -0.3 is 5.32 Å². The lowest BCUT2D eigenvalue weighted by Gasteiger charge is -2.15. The second-order valence-corrected chi connectivity index (χ2v) is 6.30. The van der Waals surface area contributed by atoms with E-state index in [1.807, 2.05) is 18.2 Å². The quantitative estimate of drug-likeness (QED) is 0.643. The Kier molecular flexibility index (Phi) is 9.22. The van der Waals surface area contributed by atoms with Crippen molar-refractivity contribution in [2.75, 3.05) is 12.3 Å². The summed E-state index contributed by atoms with van der Waals surface area (Å²) in [5.41, 5.74) is 0. The van der Waals surface area contributed by atoms with Gasteiger partial charge in [-0.25, -0.2) is 0 Å². The summed E-state index contributed by atoms with van der Waals surface area (Å²) in [7, 11) is 0. The normalized spacial score (nSPS) is 12.1. The molecule has 3 heteroatoms. The van der Waals surface area contributed by atoms with E-state index in [0.29, 0.717) is 12.3 Å². The molecule has 0 aromatic heterocycles. The molecule has 1 rings (SSSR count). The maximum absolute atomic E-state index is 11.8. The smallest absolute Gasteiger partial charge is 0.220 e. The van der Waals surface area contributed by atoms with E-state index in [0.717, 1.165) is 18.7 Å². The van der Waals surface area contributed by atoms with E-state index in [-0.39, 0.29) is 5.91 Å². The standard InChI is InChI=1S/C17H27NOS/c1-3-5-9-15(4-2)14-18-17(19)12-13-20-16-10-7-6-8-11-16/h6-8,10-11,15H,3-5,9,12-14H2,1-2H3,(H,18,19)/t15-/m1/s1. The topological polar surface area (TPSA) is 29.1 Å². The third kappa shape index (κ3) is 7.59. The molecule has 0 fully saturated rings. The first kappa shape index (κ1) is 17.1.